The fourth-order valence-electron chi connectivity index (χ4n) is 1.55. The monoisotopic (exact) mass is 369 g/mol. The first-order valence-electron chi connectivity index (χ1n) is 5.91. The first kappa shape index (κ1) is 17.9. The quantitative estimate of drug-likeness (QED) is 0.268. The van der Waals surface area contributed by atoms with E-state index in [1.807, 2.05) is 0 Å². The van der Waals surface area contributed by atoms with Crippen LogP contribution < -0.4 is 5.73 Å². The summed E-state index contributed by atoms with van der Waals surface area (Å²) < 4.78 is 35.9. The Balaban J connectivity index is 1.80. The summed E-state index contributed by atoms with van der Waals surface area (Å²) in [6.45, 7) is -0.409. The van der Waals surface area contributed by atoms with Gasteiger partial charge in [0.1, 0.15) is 11.8 Å². The minimum absolute atomic E-state index is 0.0330. The fourth-order valence-corrected chi connectivity index (χ4v) is 3.02. The lowest BCUT2D eigenvalue weighted by Gasteiger charge is -2.12. The number of rotatable bonds is 8. The molecule has 2 rings (SSSR count). The van der Waals surface area contributed by atoms with E-state index in [-0.39, 0.29) is 19.0 Å². The van der Waals surface area contributed by atoms with Gasteiger partial charge >= 0.3 is 15.6 Å². The minimum Gasteiger partial charge on any atom is -0.382 e. The molecule has 0 aromatic carbocycles. The van der Waals surface area contributed by atoms with Crippen molar-refractivity contribution >= 4 is 32.6 Å². The minimum atomic E-state index is -5.15. The Morgan fingerprint density at radius 2 is 1.96 bits per heavy atom. The Labute approximate surface area is 128 Å². The highest BCUT2D eigenvalue weighted by Gasteiger charge is 2.32. The molecule has 2 aromatic heterocycles. The van der Waals surface area contributed by atoms with Crippen molar-refractivity contribution in [3.05, 3.63) is 12.7 Å². The van der Waals surface area contributed by atoms with E-state index in [1.54, 1.807) is 4.57 Å². The molecule has 0 saturated carbocycles. The molecular formula is C8H13N5O8P2. The van der Waals surface area contributed by atoms with Gasteiger partial charge in [-0.2, -0.15) is 4.31 Å². The predicted octanol–water partition coefficient (Wildman–Crippen LogP) is -0.391. The molecule has 0 aliphatic heterocycles. The lowest BCUT2D eigenvalue weighted by Crippen LogP contribution is -2.08. The van der Waals surface area contributed by atoms with E-state index in [4.69, 9.17) is 25.2 Å². The van der Waals surface area contributed by atoms with Crippen LogP contribution in [0.2, 0.25) is 0 Å². The lowest BCUT2D eigenvalue weighted by molar-refractivity contribution is -0.00433. The van der Waals surface area contributed by atoms with E-state index in [1.165, 1.54) is 12.7 Å². The van der Waals surface area contributed by atoms with Crippen molar-refractivity contribution in [2.45, 2.75) is 6.54 Å². The van der Waals surface area contributed by atoms with Crippen LogP contribution in [0.25, 0.3) is 11.2 Å². The number of phosphoric ester groups is 1. The number of hydrogen-bond acceptors (Lipinski definition) is 9. The van der Waals surface area contributed by atoms with Gasteiger partial charge in [-0.15, -0.1) is 0 Å². The number of imidazole rings is 1. The number of fused-ring (bicyclic) bond motifs is 1. The van der Waals surface area contributed by atoms with Crippen molar-refractivity contribution in [2.75, 3.05) is 19.1 Å². The van der Waals surface area contributed by atoms with Gasteiger partial charge in [-0.1, -0.05) is 0 Å². The summed E-state index contributed by atoms with van der Waals surface area (Å²) in [6.07, 6.45) is 2.75. The highest BCUT2D eigenvalue weighted by atomic mass is 31.3. The summed E-state index contributed by atoms with van der Waals surface area (Å²) in [5.74, 6) is 0.230. The predicted molar refractivity (Wildman–Crippen MR) is 74.6 cm³/mol. The smallest absolute Gasteiger partial charge is 0.382 e. The van der Waals surface area contributed by atoms with Gasteiger partial charge in [0.05, 0.1) is 12.9 Å². The third-order valence-electron chi connectivity index (χ3n) is 2.41. The highest BCUT2D eigenvalue weighted by molar-refractivity contribution is 7.60. The lowest BCUT2D eigenvalue weighted by atomic mass is 10.5. The molecule has 0 fully saturated rings. The molecule has 2 heterocycles. The van der Waals surface area contributed by atoms with Crippen molar-refractivity contribution in [2.24, 2.45) is 0 Å². The number of nitrogens with two attached hydrogens (primary N) is 1. The van der Waals surface area contributed by atoms with Crippen LogP contribution in [0.3, 0.4) is 0 Å². The van der Waals surface area contributed by atoms with Gasteiger partial charge in [-0.3, -0.25) is 4.52 Å². The van der Waals surface area contributed by atoms with E-state index < -0.39 is 22.4 Å². The van der Waals surface area contributed by atoms with Gasteiger partial charge in [0.25, 0.3) is 0 Å². The summed E-state index contributed by atoms with van der Waals surface area (Å²) in [4.78, 5) is 37.6. The summed E-state index contributed by atoms with van der Waals surface area (Å²) in [7, 11) is -10.1. The Kier molecular flexibility index (Phi) is 5.45. The van der Waals surface area contributed by atoms with Crippen molar-refractivity contribution in [1.82, 2.24) is 19.5 Å². The molecule has 0 saturated heterocycles. The Hall–Kier alpha value is -1.43. The third-order valence-corrected chi connectivity index (χ3v) is 4.52. The van der Waals surface area contributed by atoms with Crippen LogP contribution in [0.15, 0.2) is 12.7 Å². The summed E-state index contributed by atoms with van der Waals surface area (Å²) in [5.41, 5.74) is 6.54. The molecule has 0 bridgehead atoms. The molecule has 23 heavy (non-hydrogen) atoms. The van der Waals surface area contributed by atoms with Crippen LogP contribution >= 0.6 is 15.6 Å². The van der Waals surface area contributed by atoms with Gasteiger partial charge < -0.3 is 29.7 Å². The van der Waals surface area contributed by atoms with Crippen molar-refractivity contribution in [3.63, 3.8) is 0 Å². The van der Waals surface area contributed by atoms with Gasteiger partial charge in [-0.05, 0) is 0 Å². The van der Waals surface area contributed by atoms with Gasteiger partial charge in [0.2, 0.25) is 0 Å². The Morgan fingerprint density at radius 3 is 2.65 bits per heavy atom. The van der Waals surface area contributed by atoms with Crippen molar-refractivity contribution in [1.29, 1.82) is 0 Å². The largest absolute Gasteiger partial charge is 0.483 e. The number of nitrogens with zero attached hydrogens (tertiary/aromatic N) is 4. The molecular weight excluding hydrogens is 356 g/mol. The van der Waals surface area contributed by atoms with Crippen molar-refractivity contribution in [3.8, 4) is 0 Å². The second-order valence-electron chi connectivity index (χ2n) is 4.07. The van der Waals surface area contributed by atoms with Gasteiger partial charge in [0, 0.05) is 6.54 Å². The molecule has 13 nitrogen and oxygen atoms in total. The second kappa shape index (κ2) is 6.99. The van der Waals surface area contributed by atoms with E-state index in [9.17, 15) is 9.13 Å². The maximum atomic E-state index is 11.1. The zero-order valence-electron chi connectivity index (χ0n) is 11.4. The Bertz CT molecular complexity index is 775. The molecule has 1 atom stereocenters. The SMILES string of the molecule is Nc1ncnc2c1ncn2CCOCOP(=O)(O)OP(=O)(O)O. The molecule has 0 amide bonds. The third kappa shape index (κ3) is 5.30. The summed E-state index contributed by atoms with van der Waals surface area (Å²) in [6, 6.07) is 0. The van der Waals surface area contributed by atoms with Gasteiger partial charge in [-0.25, -0.2) is 24.1 Å². The first-order valence-corrected chi connectivity index (χ1v) is 8.94. The number of anilines is 1. The molecule has 1 unspecified atom stereocenters. The van der Waals surface area contributed by atoms with Crippen LogP contribution in [0, 0.1) is 0 Å². The van der Waals surface area contributed by atoms with E-state index >= 15 is 0 Å². The fraction of sp³-hybridized carbons (Fsp3) is 0.375. The maximum Gasteiger partial charge on any atom is 0.483 e. The number of phosphoric acid groups is 2. The number of ether oxygens (including phenoxy) is 1. The first-order chi connectivity index (χ1) is 10.7. The molecule has 5 N–H and O–H groups in total. The second-order valence-corrected chi connectivity index (χ2v) is 6.89. The standard InChI is InChI=1S/C8H13N5O8P2/c9-7-6-8(11-3-10-7)13(4-12-6)1-2-19-5-20-23(17,18)21-22(14,15)16/h3-4H,1-2,5H2,(H,17,18)(H2,9,10,11)(H2,14,15,16). The summed E-state index contributed by atoms with van der Waals surface area (Å²) >= 11 is 0. The van der Waals surface area contributed by atoms with E-state index in [0.29, 0.717) is 11.2 Å². The molecule has 0 radical (unpaired) electrons. The van der Waals surface area contributed by atoms with Crippen LogP contribution in [-0.2, 0) is 29.2 Å². The van der Waals surface area contributed by atoms with Crippen LogP contribution in [-0.4, -0.2) is 47.6 Å². The van der Waals surface area contributed by atoms with Gasteiger partial charge in [0.15, 0.2) is 18.3 Å². The number of hydrogen-bond donors (Lipinski definition) is 4. The molecule has 2 aromatic rings. The van der Waals surface area contributed by atoms with Crippen LogP contribution in [0.4, 0.5) is 5.82 Å². The molecule has 0 spiro atoms. The van der Waals surface area contributed by atoms with Crippen LogP contribution in [0.1, 0.15) is 0 Å². The summed E-state index contributed by atoms with van der Waals surface area (Å²) in [5, 5.41) is 0. The molecule has 0 aliphatic carbocycles. The topological polar surface area (TPSA) is 192 Å². The maximum absolute atomic E-state index is 11.1. The average molecular weight is 369 g/mol. The zero-order valence-corrected chi connectivity index (χ0v) is 13.2. The number of nitrogen functional groups attached to an aromatic ring is 1. The molecule has 0 aliphatic rings. The van der Waals surface area contributed by atoms with E-state index in [0.717, 1.165) is 0 Å². The zero-order chi connectivity index (χ0) is 17.1. The molecule has 128 valence electrons. The number of aromatic nitrogens is 4. The van der Waals surface area contributed by atoms with Crippen LogP contribution in [0.5, 0.6) is 0 Å². The highest BCUT2D eigenvalue weighted by Crippen LogP contribution is 2.57. The van der Waals surface area contributed by atoms with Crippen molar-refractivity contribution < 1.29 is 37.4 Å². The molecule has 15 heteroatoms. The Morgan fingerprint density at radius 1 is 1.22 bits per heavy atom. The van der Waals surface area contributed by atoms with E-state index in [2.05, 4.69) is 23.8 Å². The average Bonchev–Trinajstić information content (AvgIpc) is 2.80. The normalized spacial score (nSPS) is 14.9.